The van der Waals surface area contributed by atoms with Crippen molar-refractivity contribution in [1.29, 1.82) is 0 Å². The van der Waals surface area contributed by atoms with E-state index in [2.05, 4.69) is 37.4 Å². The van der Waals surface area contributed by atoms with E-state index in [9.17, 15) is 0 Å². The van der Waals surface area contributed by atoms with Crippen molar-refractivity contribution in [2.75, 3.05) is 44.4 Å². The lowest BCUT2D eigenvalue weighted by Crippen LogP contribution is -2.21. The van der Waals surface area contributed by atoms with Crippen LogP contribution in [0.3, 0.4) is 0 Å². The molecule has 96 valence electrons. The zero-order valence-electron chi connectivity index (χ0n) is 10.5. The normalized spacial score (nSPS) is 10.6. The smallest absolute Gasteiger partial charge is 0.228 e. The maximum atomic E-state index is 5.82. The number of rotatable bonds is 7. The Kier molecular flexibility index (Phi) is 5.93. The standard InChI is InChI=1S/C10H19ClN6/c1-4-5-12-9-14-8(11)15-10(16-9)13-6-7-17(2)3/h4-7H2,1-3H3,(H2,12,13,14,15,16). The third-order valence-corrected chi connectivity index (χ3v) is 2.15. The first-order valence-electron chi connectivity index (χ1n) is 5.66. The molecule has 0 amide bonds. The molecule has 0 fully saturated rings. The van der Waals surface area contributed by atoms with E-state index < -0.39 is 0 Å². The third-order valence-electron chi connectivity index (χ3n) is 1.98. The molecule has 0 aromatic carbocycles. The number of aromatic nitrogens is 3. The second-order valence-electron chi connectivity index (χ2n) is 3.91. The summed E-state index contributed by atoms with van der Waals surface area (Å²) in [6.45, 7) is 4.56. The highest BCUT2D eigenvalue weighted by molar-refractivity contribution is 6.28. The summed E-state index contributed by atoms with van der Waals surface area (Å²) in [6.07, 6.45) is 1.01. The van der Waals surface area contributed by atoms with Crippen LogP contribution in [0.15, 0.2) is 0 Å². The minimum Gasteiger partial charge on any atom is -0.354 e. The molecule has 0 aliphatic carbocycles. The second kappa shape index (κ2) is 7.24. The molecule has 0 unspecified atom stereocenters. The molecule has 17 heavy (non-hydrogen) atoms. The molecule has 1 rings (SSSR count). The van der Waals surface area contributed by atoms with Crippen LogP contribution < -0.4 is 10.6 Å². The average Bonchev–Trinajstić information content (AvgIpc) is 2.25. The van der Waals surface area contributed by atoms with E-state index in [1.807, 2.05) is 14.1 Å². The second-order valence-corrected chi connectivity index (χ2v) is 4.25. The maximum absolute atomic E-state index is 5.82. The van der Waals surface area contributed by atoms with Crippen molar-refractivity contribution in [3.63, 3.8) is 0 Å². The largest absolute Gasteiger partial charge is 0.354 e. The Balaban J connectivity index is 2.55. The Morgan fingerprint density at radius 3 is 2.18 bits per heavy atom. The highest BCUT2D eigenvalue weighted by Crippen LogP contribution is 2.09. The Morgan fingerprint density at radius 1 is 1.06 bits per heavy atom. The van der Waals surface area contributed by atoms with Gasteiger partial charge in [0.2, 0.25) is 17.2 Å². The highest BCUT2D eigenvalue weighted by Gasteiger charge is 2.03. The van der Waals surface area contributed by atoms with Crippen LogP contribution >= 0.6 is 11.6 Å². The van der Waals surface area contributed by atoms with Gasteiger partial charge in [-0.2, -0.15) is 15.0 Å². The van der Waals surface area contributed by atoms with Crippen LogP contribution in [0, 0.1) is 0 Å². The van der Waals surface area contributed by atoms with Gasteiger partial charge in [-0.3, -0.25) is 0 Å². The summed E-state index contributed by atoms with van der Waals surface area (Å²) in [5.41, 5.74) is 0. The molecule has 1 heterocycles. The molecule has 2 N–H and O–H groups in total. The Morgan fingerprint density at radius 2 is 1.65 bits per heavy atom. The van der Waals surface area contributed by atoms with Crippen molar-refractivity contribution in [2.45, 2.75) is 13.3 Å². The van der Waals surface area contributed by atoms with Crippen LogP contribution in [0.1, 0.15) is 13.3 Å². The SMILES string of the molecule is CCCNc1nc(Cl)nc(NCCN(C)C)n1. The first-order valence-corrected chi connectivity index (χ1v) is 6.03. The molecule has 0 spiro atoms. The van der Waals surface area contributed by atoms with Crippen LogP contribution in [-0.4, -0.2) is 53.6 Å². The minimum atomic E-state index is 0.200. The molecule has 7 heteroatoms. The van der Waals surface area contributed by atoms with Crippen molar-refractivity contribution in [1.82, 2.24) is 19.9 Å². The number of nitrogens with one attached hydrogen (secondary N) is 2. The van der Waals surface area contributed by atoms with Crippen LogP contribution in [0.5, 0.6) is 0 Å². The molecule has 0 aliphatic heterocycles. The Bertz CT molecular complexity index is 344. The molecule has 1 aromatic heterocycles. The van der Waals surface area contributed by atoms with Gasteiger partial charge in [0.1, 0.15) is 0 Å². The molecule has 0 radical (unpaired) electrons. The lowest BCUT2D eigenvalue weighted by molar-refractivity contribution is 0.425. The van der Waals surface area contributed by atoms with Crippen molar-refractivity contribution >= 4 is 23.5 Å². The number of nitrogens with zero attached hydrogens (tertiary/aromatic N) is 4. The fraction of sp³-hybridized carbons (Fsp3) is 0.700. The van der Waals surface area contributed by atoms with Crippen molar-refractivity contribution in [2.24, 2.45) is 0 Å². The zero-order valence-corrected chi connectivity index (χ0v) is 11.3. The van der Waals surface area contributed by atoms with Crippen LogP contribution in [-0.2, 0) is 0 Å². The van der Waals surface area contributed by atoms with Crippen LogP contribution in [0.4, 0.5) is 11.9 Å². The number of hydrogen-bond acceptors (Lipinski definition) is 6. The predicted octanol–water partition coefficient (Wildman–Crippen LogP) is 1.32. The monoisotopic (exact) mass is 258 g/mol. The van der Waals surface area contributed by atoms with Gasteiger partial charge in [0.15, 0.2) is 0 Å². The molecule has 1 aromatic rings. The van der Waals surface area contributed by atoms with E-state index >= 15 is 0 Å². The molecule has 0 saturated heterocycles. The molecule has 0 atom stereocenters. The van der Waals surface area contributed by atoms with E-state index in [4.69, 9.17) is 11.6 Å². The molecular formula is C10H19ClN6. The summed E-state index contributed by atoms with van der Waals surface area (Å²) in [5, 5.41) is 6.38. The number of likely N-dealkylation sites (N-methyl/N-ethyl adjacent to an activating group) is 1. The first kappa shape index (κ1) is 13.9. The lowest BCUT2D eigenvalue weighted by Gasteiger charge is -2.11. The summed E-state index contributed by atoms with van der Waals surface area (Å²) in [5.74, 6) is 1.02. The fourth-order valence-electron chi connectivity index (χ4n) is 1.14. The summed E-state index contributed by atoms with van der Waals surface area (Å²) in [7, 11) is 4.02. The lowest BCUT2D eigenvalue weighted by atomic mass is 10.5. The number of hydrogen-bond donors (Lipinski definition) is 2. The maximum Gasteiger partial charge on any atom is 0.228 e. The summed E-state index contributed by atoms with van der Waals surface area (Å²) in [6, 6.07) is 0. The van der Waals surface area contributed by atoms with Crippen LogP contribution in [0.25, 0.3) is 0 Å². The summed E-state index contributed by atoms with van der Waals surface area (Å²) < 4.78 is 0. The van der Waals surface area contributed by atoms with Gasteiger partial charge in [-0.05, 0) is 32.1 Å². The van der Waals surface area contributed by atoms with E-state index in [1.165, 1.54) is 0 Å². The fourth-order valence-corrected chi connectivity index (χ4v) is 1.30. The minimum absolute atomic E-state index is 0.200. The Labute approximate surface area is 107 Å². The summed E-state index contributed by atoms with van der Waals surface area (Å²) in [4.78, 5) is 14.3. The van der Waals surface area contributed by atoms with E-state index in [1.54, 1.807) is 0 Å². The van der Waals surface area contributed by atoms with E-state index in [-0.39, 0.29) is 5.28 Å². The van der Waals surface area contributed by atoms with Gasteiger partial charge >= 0.3 is 0 Å². The molecule has 0 bridgehead atoms. The van der Waals surface area contributed by atoms with Gasteiger partial charge in [-0.15, -0.1) is 0 Å². The van der Waals surface area contributed by atoms with Gasteiger partial charge in [-0.1, -0.05) is 6.92 Å². The Hall–Kier alpha value is -1.14. The van der Waals surface area contributed by atoms with Crippen LogP contribution in [0.2, 0.25) is 5.28 Å². The van der Waals surface area contributed by atoms with Gasteiger partial charge in [0.25, 0.3) is 0 Å². The molecular weight excluding hydrogens is 240 g/mol. The van der Waals surface area contributed by atoms with Crippen molar-refractivity contribution in [3.8, 4) is 0 Å². The zero-order chi connectivity index (χ0) is 12.7. The van der Waals surface area contributed by atoms with Gasteiger partial charge in [0.05, 0.1) is 0 Å². The van der Waals surface area contributed by atoms with Gasteiger partial charge < -0.3 is 15.5 Å². The predicted molar refractivity (Wildman–Crippen MR) is 70.7 cm³/mol. The molecule has 0 saturated carbocycles. The molecule has 0 aliphatic rings. The molecule has 6 nitrogen and oxygen atoms in total. The topological polar surface area (TPSA) is 66.0 Å². The highest BCUT2D eigenvalue weighted by atomic mass is 35.5. The number of anilines is 2. The number of halogens is 1. The van der Waals surface area contributed by atoms with E-state index in [0.29, 0.717) is 11.9 Å². The average molecular weight is 259 g/mol. The van der Waals surface area contributed by atoms with Crippen molar-refractivity contribution in [3.05, 3.63) is 5.28 Å². The summed E-state index contributed by atoms with van der Waals surface area (Å²) >= 11 is 5.82. The first-order chi connectivity index (χ1) is 8.11. The van der Waals surface area contributed by atoms with E-state index in [0.717, 1.165) is 26.1 Å². The quantitative estimate of drug-likeness (QED) is 0.769. The van der Waals surface area contributed by atoms with Gasteiger partial charge in [0, 0.05) is 19.6 Å². The third kappa shape index (κ3) is 5.65. The van der Waals surface area contributed by atoms with Crippen molar-refractivity contribution < 1.29 is 0 Å². The van der Waals surface area contributed by atoms with Gasteiger partial charge in [-0.25, -0.2) is 0 Å².